The Morgan fingerprint density at radius 2 is 2.11 bits per heavy atom. The number of esters is 1. The highest BCUT2D eigenvalue weighted by Crippen LogP contribution is 2.27. The maximum absolute atomic E-state index is 11.9. The van der Waals surface area contributed by atoms with Gasteiger partial charge in [0.15, 0.2) is 5.96 Å². The molecule has 1 aromatic heterocycles. The van der Waals surface area contributed by atoms with Crippen LogP contribution in [-0.4, -0.2) is 40.7 Å². The monoisotopic (exact) mass is 381 g/mol. The lowest BCUT2D eigenvalue weighted by atomic mass is 10.2. The topological polar surface area (TPSA) is 155 Å². The van der Waals surface area contributed by atoms with Crippen molar-refractivity contribution < 1.29 is 14.3 Å². The number of hydrogen-bond donors (Lipinski definition) is 3. The van der Waals surface area contributed by atoms with Crippen LogP contribution < -0.4 is 22.7 Å². The third kappa shape index (κ3) is 6.55. The summed E-state index contributed by atoms with van der Waals surface area (Å²) in [5, 5.41) is 0. The van der Waals surface area contributed by atoms with Crippen LogP contribution in [0.5, 0.6) is 0 Å². The van der Waals surface area contributed by atoms with E-state index in [9.17, 15) is 14.4 Å². The third-order valence-corrected chi connectivity index (χ3v) is 4.30. The van der Waals surface area contributed by atoms with Gasteiger partial charge in [-0.25, -0.2) is 4.79 Å². The van der Waals surface area contributed by atoms with E-state index in [1.165, 1.54) is 10.8 Å². The van der Waals surface area contributed by atoms with Crippen molar-refractivity contribution in [3.63, 3.8) is 0 Å². The van der Waals surface area contributed by atoms with Crippen LogP contribution >= 0.6 is 0 Å². The second-order valence-corrected chi connectivity index (χ2v) is 6.57. The van der Waals surface area contributed by atoms with E-state index in [0.29, 0.717) is 37.8 Å². The van der Waals surface area contributed by atoms with Gasteiger partial charge in [0.25, 0.3) is 5.56 Å². The fraction of sp³-hybridized carbons (Fsp3) is 0.647. The number of nitrogens with two attached hydrogens (primary N) is 2. The average molecular weight is 381 g/mol. The number of H-pyrrole nitrogens is 1. The van der Waals surface area contributed by atoms with Gasteiger partial charge >= 0.3 is 11.7 Å². The molecule has 0 saturated carbocycles. The summed E-state index contributed by atoms with van der Waals surface area (Å²) < 4.78 is 12.4. The molecule has 1 fully saturated rings. The molecule has 0 spiro atoms. The van der Waals surface area contributed by atoms with Crippen molar-refractivity contribution in [2.45, 2.75) is 57.8 Å². The van der Waals surface area contributed by atoms with Crippen molar-refractivity contribution in [1.29, 1.82) is 0 Å². The molecule has 0 radical (unpaired) electrons. The number of aryl methyl sites for hydroxylation is 1. The van der Waals surface area contributed by atoms with Gasteiger partial charge < -0.3 is 20.9 Å². The predicted octanol–water partition coefficient (Wildman–Crippen LogP) is -0.100. The summed E-state index contributed by atoms with van der Waals surface area (Å²) in [6.45, 7) is 2.33. The van der Waals surface area contributed by atoms with Crippen LogP contribution in [0.15, 0.2) is 20.8 Å². The Kier molecular flexibility index (Phi) is 7.59. The number of ether oxygens (including phenoxy) is 2. The zero-order valence-corrected chi connectivity index (χ0v) is 15.5. The first-order valence-corrected chi connectivity index (χ1v) is 9.05. The SMILES string of the molecule is Cc1cn([C@H]2CC[C@@H](COC(=O)CCCCCN=C(N)N)O2)c(=O)[nH]c1=O. The van der Waals surface area contributed by atoms with E-state index >= 15 is 0 Å². The third-order valence-electron chi connectivity index (χ3n) is 4.30. The first-order chi connectivity index (χ1) is 12.9. The van der Waals surface area contributed by atoms with Gasteiger partial charge in [0.2, 0.25) is 0 Å². The van der Waals surface area contributed by atoms with Crippen molar-refractivity contribution in [2.75, 3.05) is 13.2 Å². The molecular formula is C17H27N5O5. The minimum atomic E-state index is -0.506. The molecule has 0 unspecified atom stereocenters. The van der Waals surface area contributed by atoms with E-state index < -0.39 is 17.5 Å². The summed E-state index contributed by atoms with van der Waals surface area (Å²) >= 11 is 0. The number of aromatic nitrogens is 2. The number of nitrogens with one attached hydrogen (secondary N) is 1. The van der Waals surface area contributed by atoms with Gasteiger partial charge in [0.05, 0.1) is 6.10 Å². The van der Waals surface area contributed by atoms with Gasteiger partial charge in [-0.1, -0.05) is 6.42 Å². The van der Waals surface area contributed by atoms with Crippen LogP contribution in [0, 0.1) is 6.92 Å². The van der Waals surface area contributed by atoms with E-state index in [0.717, 1.165) is 12.8 Å². The lowest BCUT2D eigenvalue weighted by molar-refractivity contribution is -0.148. The summed E-state index contributed by atoms with van der Waals surface area (Å²) in [4.78, 5) is 41.3. The highest BCUT2D eigenvalue weighted by molar-refractivity contribution is 5.75. The summed E-state index contributed by atoms with van der Waals surface area (Å²) in [5.41, 5.74) is 9.99. The highest BCUT2D eigenvalue weighted by atomic mass is 16.6. The fourth-order valence-electron chi connectivity index (χ4n) is 2.84. The number of nitrogens with zero attached hydrogens (tertiary/aromatic N) is 2. The van der Waals surface area contributed by atoms with E-state index in [-0.39, 0.29) is 24.6 Å². The summed E-state index contributed by atoms with van der Waals surface area (Å²) in [6.07, 6.45) is 4.72. The minimum Gasteiger partial charge on any atom is -0.463 e. The van der Waals surface area contributed by atoms with E-state index in [2.05, 4.69) is 9.98 Å². The molecule has 0 bridgehead atoms. The second-order valence-electron chi connectivity index (χ2n) is 6.57. The number of carbonyl (C=O) groups excluding carboxylic acids is 1. The van der Waals surface area contributed by atoms with Crippen LogP contribution in [0.4, 0.5) is 0 Å². The van der Waals surface area contributed by atoms with Gasteiger partial charge in [-0.15, -0.1) is 0 Å². The number of carbonyl (C=O) groups is 1. The van der Waals surface area contributed by atoms with Crippen molar-refractivity contribution in [3.05, 3.63) is 32.6 Å². The van der Waals surface area contributed by atoms with E-state index in [1.54, 1.807) is 6.92 Å². The molecule has 5 N–H and O–H groups in total. The van der Waals surface area contributed by atoms with Crippen LogP contribution in [0.2, 0.25) is 0 Å². The van der Waals surface area contributed by atoms with Crippen molar-refractivity contribution in [2.24, 2.45) is 16.5 Å². The predicted molar refractivity (Wildman–Crippen MR) is 99.3 cm³/mol. The lowest BCUT2D eigenvalue weighted by Crippen LogP contribution is -2.33. The van der Waals surface area contributed by atoms with Crippen molar-refractivity contribution in [3.8, 4) is 0 Å². The summed E-state index contributed by atoms with van der Waals surface area (Å²) in [6, 6.07) is 0. The van der Waals surface area contributed by atoms with Crippen LogP contribution in [0.25, 0.3) is 0 Å². The Morgan fingerprint density at radius 1 is 1.33 bits per heavy atom. The number of aliphatic imine (C=N–C) groups is 1. The number of rotatable bonds is 9. The molecule has 150 valence electrons. The first kappa shape index (κ1) is 20.7. The standard InChI is InChI=1S/C17H27N5O5/c1-11-9-22(17(25)21-15(11)24)13-7-6-12(27-13)10-26-14(23)5-3-2-4-8-20-16(18)19/h9,12-13H,2-8,10H2,1H3,(H4,18,19,20)(H,21,24,25)/t12-,13+/m0/s1. The zero-order valence-electron chi connectivity index (χ0n) is 15.5. The molecule has 0 aromatic carbocycles. The van der Waals surface area contributed by atoms with E-state index in [4.69, 9.17) is 20.9 Å². The molecule has 2 heterocycles. The zero-order chi connectivity index (χ0) is 19.8. The van der Waals surface area contributed by atoms with Gasteiger partial charge in [-0.2, -0.15) is 0 Å². The number of guanidine groups is 1. The molecule has 10 nitrogen and oxygen atoms in total. The lowest BCUT2D eigenvalue weighted by Gasteiger charge is -2.16. The van der Waals surface area contributed by atoms with Gasteiger partial charge in [-0.05, 0) is 32.6 Å². The molecule has 1 aliphatic rings. The second kappa shape index (κ2) is 9.91. The van der Waals surface area contributed by atoms with Gasteiger partial charge in [0.1, 0.15) is 12.8 Å². The Morgan fingerprint density at radius 3 is 2.85 bits per heavy atom. The molecule has 1 saturated heterocycles. The summed E-state index contributed by atoms with van der Waals surface area (Å²) in [5.74, 6) is -0.204. The maximum atomic E-state index is 11.9. The largest absolute Gasteiger partial charge is 0.463 e. The number of hydrogen-bond acceptors (Lipinski definition) is 6. The minimum absolute atomic E-state index is 0.0727. The Balaban J connectivity index is 1.69. The number of aromatic amines is 1. The van der Waals surface area contributed by atoms with E-state index in [1.807, 2.05) is 0 Å². The van der Waals surface area contributed by atoms with Crippen LogP contribution in [0.3, 0.4) is 0 Å². The molecule has 1 aliphatic heterocycles. The molecule has 0 aliphatic carbocycles. The highest BCUT2D eigenvalue weighted by Gasteiger charge is 2.28. The molecule has 2 rings (SSSR count). The Labute approximate surface area is 156 Å². The Hall–Kier alpha value is -2.62. The maximum Gasteiger partial charge on any atom is 0.330 e. The molecule has 27 heavy (non-hydrogen) atoms. The van der Waals surface area contributed by atoms with Crippen molar-refractivity contribution >= 4 is 11.9 Å². The molecule has 10 heteroatoms. The fourth-order valence-corrected chi connectivity index (χ4v) is 2.84. The van der Waals surface area contributed by atoms with Crippen molar-refractivity contribution in [1.82, 2.24) is 9.55 Å². The average Bonchev–Trinajstić information content (AvgIpc) is 3.08. The summed E-state index contributed by atoms with van der Waals surface area (Å²) in [7, 11) is 0. The number of unbranched alkanes of at least 4 members (excludes halogenated alkanes) is 2. The smallest absolute Gasteiger partial charge is 0.330 e. The quantitative estimate of drug-likeness (QED) is 0.233. The van der Waals surface area contributed by atoms with Crippen LogP contribution in [-0.2, 0) is 14.3 Å². The molecule has 2 atom stereocenters. The molecular weight excluding hydrogens is 354 g/mol. The van der Waals surface area contributed by atoms with Gasteiger partial charge in [0, 0.05) is 24.7 Å². The first-order valence-electron chi connectivity index (χ1n) is 9.05. The van der Waals surface area contributed by atoms with Crippen LogP contribution in [0.1, 0.15) is 50.3 Å². The molecule has 1 aromatic rings. The molecule has 0 amide bonds. The van der Waals surface area contributed by atoms with Gasteiger partial charge in [-0.3, -0.25) is 24.1 Å². The normalized spacial score (nSPS) is 19.0. The Bertz CT molecular complexity index is 781.